The third kappa shape index (κ3) is 2.45. The highest BCUT2D eigenvalue weighted by atomic mass is 15.3. The fourth-order valence-electron chi connectivity index (χ4n) is 2.61. The molecule has 0 saturated carbocycles. The number of piperidine rings is 1. The van der Waals surface area contributed by atoms with Crippen LogP contribution in [-0.2, 0) is 0 Å². The molecule has 100 valence electrons. The van der Waals surface area contributed by atoms with Crippen molar-refractivity contribution in [1.82, 2.24) is 19.7 Å². The van der Waals surface area contributed by atoms with Crippen LogP contribution in [0.3, 0.4) is 0 Å². The van der Waals surface area contributed by atoms with E-state index in [9.17, 15) is 0 Å². The summed E-state index contributed by atoms with van der Waals surface area (Å²) < 4.78 is 1.88. The van der Waals surface area contributed by atoms with E-state index in [1.807, 2.05) is 24.6 Å². The van der Waals surface area contributed by atoms with E-state index < -0.39 is 0 Å². The molecule has 1 aliphatic rings. The smallest absolute Gasteiger partial charge is 0.159 e. The quantitative estimate of drug-likeness (QED) is 0.828. The zero-order valence-corrected chi connectivity index (χ0v) is 11.5. The zero-order valence-electron chi connectivity index (χ0n) is 11.5. The van der Waals surface area contributed by atoms with Gasteiger partial charge in [-0.15, -0.1) is 0 Å². The number of nitrogens with zero attached hydrogens (tertiary/aromatic N) is 5. The molecular weight excluding hydrogens is 238 g/mol. The fraction of sp³-hybridized carbons (Fsp3) is 0.500. The Morgan fingerprint density at radius 1 is 0.947 bits per heavy atom. The van der Waals surface area contributed by atoms with Crippen molar-refractivity contribution in [2.45, 2.75) is 33.1 Å². The summed E-state index contributed by atoms with van der Waals surface area (Å²) in [6.07, 6.45) is 5.46. The van der Waals surface area contributed by atoms with Crippen molar-refractivity contribution in [2.75, 3.05) is 18.0 Å². The summed E-state index contributed by atoms with van der Waals surface area (Å²) in [5.41, 5.74) is 2.11. The number of rotatable bonds is 2. The number of aromatic nitrogens is 4. The second kappa shape index (κ2) is 4.99. The van der Waals surface area contributed by atoms with Crippen LogP contribution in [0, 0.1) is 13.8 Å². The van der Waals surface area contributed by atoms with E-state index in [1.165, 1.54) is 19.3 Å². The van der Waals surface area contributed by atoms with Crippen LogP contribution < -0.4 is 4.90 Å². The first-order chi connectivity index (χ1) is 9.24. The van der Waals surface area contributed by atoms with Crippen LogP contribution >= 0.6 is 0 Å². The Hall–Kier alpha value is -1.91. The van der Waals surface area contributed by atoms with Gasteiger partial charge in [-0.25, -0.2) is 14.6 Å². The van der Waals surface area contributed by atoms with E-state index in [-0.39, 0.29) is 0 Å². The lowest BCUT2D eigenvalue weighted by Gasteiger charge is -2.27. The van der Waals surface area contributed by atoms with Crippen molar-refractivity contribution in [1.29, 1.82) is 0 Å². The maximum Gasteiger partial charge on any atom is 0.159 e. The lowest BCUT2D eigenvalue weighted by molar-refractivity contribution is 0.572. The molecule has 0 aliphatic carbocycles. The first kappa shape index (κ1) is 12.1. The van der Waals surface area contributed by atoms with E-state index in [2.05, 4.69) is 26.0 Å². The molecule has 5 heteroatoms. The average molecular weight is 257 g/mol. The molecule has 19 heavy (non-hydrogen) atoms. The standard InChI is InChI=1S/C14H19N5/c1-11-8-12(2)19(17-11)14-9-13(15-10-16-14)18-6-4-3-5-7-18/h8-10H,3-7H2,1-2H3. The zero-order chi connectivity index (χ0) is 13.2. The minimum atomic E-state index is 0.848. The van der Waals surface area contributed by atoms with Gasteiger partial charge in [0.1, 0.15) is 12.1 Å². The van der Waals surface area contributed by atoms with Gasteiger partial charge < -0.3 is 4.90 Å². The lowest BCUT2D eigenvalue weighted by Crippen LogP contribution is -2.30. The predicted molar refractivity (Wildman–Crippen MR) is 74.7 cm³/mol. The molecule has 3 heterocycles. The molecule has 1 saturated heterocycles. The molecule has 1 fully saturated rings. The van der Waals surface area contributed by atoms with Crippen LogP contribution in [0.2, 0.25) is 0 Å². The van der Waals surface area contributed by atoms with Crippen molar-refractivity contribution >= 4 is 5.82 Å². The van der Waals surface area contributed by atoms with Gasteiger partial charge in [0, 0.05) is 24.8 Å². The summed E-state index contributed by atoms with van der Waals surface area (Å²) >= 11 is 0. The summed E-state index contributed by atoms with van der Waals surface area (Å²) in [6.45, 7) is 6.22. The van der Waals surface area contributed by atoms with Crippen molar-refractivity contribution in [3.8, 4) is 5.82 Å². The molecule has 2 aromatic heterocycles. The third-order valence-electron chi connectivity index (χ3n) is 3.54. The maximum atomic E-state index is 4.47. The second-order valence-corrected chi connectivity index (χ2v) is 5.12. The highest BCUT2D eigenvalue weighted by molar-refractivity contribution is 5.44. The number of hydrogen-bond acceptors (Lipinski definition) is 4. The molecule has 0 aromatic carbocycles. The van der Waals surface area contributed by atoms with Crippen LogP contribution in [0.25, 0.3) is 5.82 Å². The molecule has 3 rings (SSSR count). The molecular formula is C14H19N5. The predicted octanol–water partition coefficient (Wildman–Crippen LogP) is 2.27. The number of anilines is 1. The molecule has 0 radical (unpaired) electrons. The Morgan fingerprint density at radius 2 is 1.68 bits per heavy atom. The number of hydrogen-bond donors (Lipinski definition) is 0. The van der Waals surface area contributed by atoms with Crippen LogP contribution in [0.4, 0.5) is 5.82 Å². The van der Waals surface area contributed by atoms with E-state index in [1.54, 1.807) is 6.33 Å². The van der Waals surface area contributed by atoms with Gasteiger partial charge in [-0.1, -0.05) is 0 Å². The Labute approximate surface area is 113 Å². The first-order valence-electron chi connectivity index (χ1n) is 6.85. The Kier molecular flexibility index (Phi) is 3.19. The summed E-state index contributed by atoms with van der Waals surface area (Å²) in [5, 5.41) is 4.47. The Bertz CT molecular complexity index is 569. The first-order valence-corrected chi connectivity index (χ1v) is 6.85. The topological polar surface area (TPSA) is 46.8 Å². The van der Waals surface area contributed by atoms with Crippen LogP contribution in [0.15, 0.2) is 18.5 Å². The number of aryl methyl sites for hydroxylation is 2. The van der Waals surface area contributed by atoms with Crippen LogP contribution in [0.1, 0.15) is 30.7 Å². The maximum absolute atomic E-state index is 4.47. The van der Waals surface area contributed by atoms with Gasteiger partial charge in [0.25, 0.3) is 0 Å². The molecule has 2 aromatic rings. The minimum absolute atomic E-state index is 0.848. The highest BCUT2D eigenvalue weighted by Crippen LogP contribution is 2.19. The monoisotopic (exact) mass is 257 g/mol. The molecule has 5 nitrogen and oxygen atoms in total. The van der Waals surface area contributed by atoms with Gasteiger partial charge in [-0.3, -0.25) is 0 Å². The molecule has 0 unspecified atom stereocenters. The summed E-state index contributed by atoms with van der Waals surface area (Å²) in [6, 6.07) is 4.09. The molecule has 1 aliphatic heterocycles. The minimum Gasteiger partial charge on any atom is -0.356 e. The summed E-state index contributed by atoms with van der Waals surface area (Å²) in [5.74, 6) is 1.86. The fourth-order valence-corrected chi connectivity index (χ4v) is 2.61. The van der Waals surface area contributed by atoms with Crippen molar-refractivity contribution in [3.05, 3.63) is 29.8 Å². The third-order valence-corrected chi connectivity index (χ3v) is 3.54. The average Bonchev–Trinajstić information content (AvgIpc) is 2.79. The lowest BCUT2D eigenvalue weighted by atomic mass is 10.1. The molecule has 0 atom stereocenters. The van der Waals surface area contributed by atoms with Gasteiger partial charge in [0.05, 0.1) is 5.69 Å². The van der Waals surface area contributed by atoms with Crippen molar-refractivity contribution < 1.29 is 0 Å². The Morgan fingerprint density at radius 3 is 2.37 bits per heavy atom. The van der Waals surface area contributed by atoms with E-state index in [0.29, 0.717) is 0 Å². The van der Waals surface area contributed by atoms with E-state index in [4.69, 9.17) is 0 Å². The van der Waals surface area contributed by atoms with Crippen LogP contribution in [0.5, 0.6) is 0 Å². The summed E-state index contributed by atoms with van der Waals surface area (Å²) in [7, 11) is 0. The SMILES string of the molecule is Cc1cc(C)n(-c2cc(N3CCCCC3)ncn2)n1. The van der Waals surface area contributed by atoms with Crippen LogP contribution in [-0.4, -0.2) is 32.8 Å². The van der Waals surface area contributed by atoms with E-state index >= 15 is 0 Å². The molecule has 0 bridgehead atoms. The molecule has 0 spiro atoms. The van der Waals surface area contributed by atoms with E-state index in [0.717, 1.165) is 36.1 Å². The van der Waals surface area contributed by atoms with Crippen molar-refractivity contribution in [3.63, 3.8) is 0 Å². The van der Waals surface area contributed by atoms with Gasteiger partial charge in [-0.2, -0.15) is 5.10 Å². The molecule has 0 amide bonds. The van der Waals surface area contributed by atoms with Gasteiger partial charge >= 0.3 is 0 Å². The largest absolute Gasteiger partial charge is 0.356 e. The summed E-state index contributed by atoms with van der Waals surface area (Å²) in [4.78, 5) is 11.1. The second-order valence-electron chi connectivity index (χ2n) is 5.12. The van der Waals surface area contributed by atoms with Crippen molar-refractivity contribution in [2.24, 2.45) is 0 Å². The van der Waals surface area contributed by atoms with Gasteiger partial charge in [-0.05, 0) is 39.2 Å². The Balaban J connectivity index is 1.93. The highest BCUT2D eigenvalue weighted by Gasteiger charge is 2.14. The van der Waals surface area contributed by atoms with Gasteiger partial charge in [0.15, 0.2) is 5.82 Å². The normalized spacial score (nSPS) is 15.8. The molecule has 0 N–H and O–H groups in total. The van der Waals surface area contributed by atoms with Gasteiger partial charge in [0.2, 0.25) is 0 Å².